The van der Waals surface area contributed by atoms with Crippen LogP contribution in [0.15, 0.2) is 73.1 Å². The van der Waals surface area contributed by atoms with E-state index in [0.717, 1.165) is 23.3 Å². The fraction of sp³-hybridized carbons (Fsp3) is 0.390. The number of nitrogens with zero attached hydrogens (tertiary/aromatic N) is 5. The zero-order valence-corrected chi connectivity index (χ0v) is 34.0. The molecule has 2 amide bonds. The highest BCUT2D eigenvalue weighted by atomic mass is 35.5. The fourth-order valence-corrected chi connectivity index (χ4v) is 6.13. The molecule has 2 aliphatic rings. The van der Waals surface area contributed by atoms with Crippen molar-refractivity contribution in [3.63, 3.8) is 0 Å². The highest BCUT2D eigenvalue weighted by Gasteiger charge is 2.42. The summed E-state index contributed by atoms with van der Waals surface area (Å²) in [5, 5.41) is 20.3. The second-order valence-electron chi connectivity index (χ2n) is 13.6. The molecule has 17 heteroatoms. The van der Waals surface area contributed by atoms with Gasteiger partial charge in [0.25, 0.3) is 11.8 Å². The van der Waals surface area contributed by atoms with Crippen LogP contribution < -0.4 is 11.1 Å². The van der Waals surface area contributed by atoms with E-state index in [-0.39, 0.29) is 115 Å². The lowest BCUT2D eigenvalue weighted by atomic mass is 9.88. The van der Waals surface area contributed by atoms with Crippen molar-refractivity contribution in [1.29, 1.82) is 5.26 Å². The molecule has 2 aromatic carbocycles. The van der Waals surface area contributed by atoms with E-state index in [9.17, 15) is 27.9 Å². The van der Waals surface area contributed by atoms with E-state index >= 15 is 4.39 Å². The Balaban J connectivity index is 0.000000271. The molecular weight excluding hydrogens is 821 g/mol. The smallest absolute Gasteiger partial charge is 0.253 e. The normalized spacial score (nSPS) is 17.5. The van der Waals surface area contributed by atoms with Gasteiger partial charge in [0.1, 0.15) is 17.3 Å². The molecule has 4 aromatic rings. The van der Waals surface area contributed by atoms with Crippen LogP contribution in [0.5, 0.6) is 0 Å². The van der Waals surface area contributed by atoms with Crippen LogP contribution in [0.1, 0.15) is 74.4 Å². The summed E-state index contributed by atoms with van der Waals surface area (Å²) < 4.78 is 86.3. The number of rotatable bonds is 8. The van der Waals surface area contributed by atoms with Crippen LogP contribution in [0.25, 0.3) is 0 Å². The first kappa shape index (κ1) is 41.8. The summed E-state index contributed by atoms with van der Waals surface area (Å²) in [4.78, 5) is 35.6. The summed E-state index contributed by atoms with van der Waals surface area (Å²) in [6.45, 7) is 0.258. The Labute approximate surface area is 357 Å². The molecular formula is C41H46Cl3F4N7O3. The summed E-state index contributed by atoms with van der Waals surface area (Å²) in [7, 11) is 0. The Morgan fingerprint density at radius 1 is 0.862 bits per heavy atom. The van der Waals surface area contributed by atoms with Gasteiger partial charge in [0.2, 0.25) is 0 Å². The molecule has 2 aliphatic heterocycles. The summed E-state index contributed by atoms with van der Waals surface area (Å²) in [6.07, 6.45) is 1.35. The van der Waals surface area contributed by atoms with E-state index in [2.05, 4.69) is 15.3 Å². The van der Waals surface area contributed by atoms with Gasteiger partial charge in [-0.2, -0.15) is 5.26 Å². The largest absolute Gasteiger partial charge is 0.375 e. The molecule has 6 rings (SSSR count). The average molecular weight is 871 g/mol. The van der Waals surface area contributed by atoms with Gasteiger partial charge in [0.05, 0.1) is 27.5 Å². The first-order chi connectivity index (χ1) is 28.5. The molecule has 2 fully saturated rings. The minimum absolute atomic E-state index is 0. The quantitative estimate of drug-likeness (QED) is 0.122. The molecule has 0 radical (unpaired) electrons. The van der Waals surface area contributed by atoms with Gasteiger partial charge < -0.3 is 26.0 Å². The number of pyridine rings is 2. The minimum atomic E-state index is -1.99. The maximum Gasteiger partial charge on any atom is 0.253 e. The number of hydrogen-bond acceptors (Lipinski definition) is 8. The van der Waals surface area contributed by atoms with Crippen molar-refractivity contribution in [3.05, 3.63) is 128 Å². The molecule has 2 aromatic heterocycles. The van der Waals surface area contributed by atoms with E-state index in [1.54, 1.807) is 36.7 Å². The van der Waals surface area contributed by atoms with Crippen molar-refractivity contribution >= 4 is 47.4 Å². The predicted molar refractivity (Wildman–Crippen MR) is 217 cm³/mol. The summed E-state index contributed by atoms with van der Waals surface area (Å²) >= 11 is 11.4. The molecule has 1 atom stereocenters. The van der Waals surface area contributed by atoms with Crippen LogP contribution in [0.2, 0.25) is 10.0 Å². The van der Waals surface area contributed by atoms with Crippen molar-refractivity contribution in [2.24, 2.45) is 5.73 Å². The van der Waals surface area contributed by atoms with Gasteiger partial charge in [-0.05, 0) is 73.5 Å². The number of aliphatic hydroxyl groups excluding tert-OH is 1. The van der Waals surface area contributed by atoms with E-state index in [1.807, 2.05) is 13.8 Å². The number of alkyl halides is 2. The van der Waals surface area contributed by atoms with Gasteiger partial charge in [0.15, 0.2) is 11.8 Å². The number of nitrogens with one attached hydrogen (secondary N) is 1. The number of likely N-dealkylation sites (tertiary alicyclic amines) is 2. The molecule has 58 heavy (non-hydrogen) atoms. The van der Waals surface area contributed by atoms with Crippen LogP contribution in [0.3, 0.4) is 0 Å². The fourth-order valence-electron chi connectivity index (χ4n) is 5.77. The highest BCUT2D eigenvalue weighted by Crippen LogP contribution is 2.31. The Hall–Kier alpha value is -4.36. The van der Waals surface area contributed by atoms with Crippen LogP contribution >= 0.6 is 35.6 Å². The second-order valence-corrected chi connectivity index (χ2v) is 14.4. The number of carbonyl (C=O) groups excluding carboxylic acids is 2. The molecule has 312 valence electrons. The third-order valence-corrected chi connectivity index (χ3v) is 9.95. The predicted octanol–water partition coefficient (Wildman–Crippen LogP) is 7.50. The first-order valence-corrected chi connectivity index (χ1v) is 18.6. The number of carbonyl (C=O) groups is 2. The van der Waals surface area contributed by atoms with Gasteiger partial charge in [-0.15, -0.1) is 12.4 Å². The number of aromatic nitrogens is 2. The standard InChI is InChI=1S/C20H22ClF2N3O.C14H13ClF2N2O2.C7H10N2.ClH/c1-14-2-4-16(25-11-14)12-24-13-20(23)6-8-26(9-7-20)19(27)15-3-5-18(22)17(21)10-15;15-10-7-9(1-2-11(10)16)13(21)19-5-3-14(17,4-6-19)12(20)8-18;1-6-2-3-7(4-8)9-5-6;/h2-5,10-11,24H,6-9,12-13H2,1H3;1-2,7,12,20H,3-6H2;2-3,5H,4,8H2,1H3;1H/i12D2;;4D2;. The lowest BCUT2D eigenvalue weighted by Gasteiger charge is -2.37. The molecule has 10 nitrogen and oxygen atoms in total. The summed E-state index contributed by atoms with van der Waals surface area (Å²) in [5.41, 5.74) is 4.37. The molecule has 0 bridgehead atoms. The van der Waals surface area contributed by atoms with E-state index in [1.165, 1.54) is 40.1 Å². The summed E-state index contributed by atoms with van der Waals surface area (Å²) in [6, 6.07) is 15.6. The van der Waals surface area contributed by atoms with Crippen molar-refractivity contribution in [2.45, 2.75) is 70.0 Å². The number of benzene rings is 2. The molecule has 0 aliphatic carbocycles. The van der Waals surface area contributed by atoms with E-state index in [0.29, 0.717) is 0 Å². The topological polar surface area (TPSA) is 148 Å². The first-order valence-electron chi connectivity index (χ1n) is 19.8. The van der Waals surface area contributed by atoms with Gasteiger partial charge in [-0.25, -0.2) is 17.6 Å². The number of nitrogens with two attached hydrogens (primary N) is 1. The van der Waals surface area contributed by atoms with Gasteiger partial charge >= 0.3 is 0 Å². The number of piperidine rings is 2. The van der Waals surface area contributed by atoms with Crippen LogP contribution in [0.4, 0.5) is 17.6 Å². The third kappa shape index (κ3) is 13.6. The van der Waals surface area contributed by atoms with E-state index in [4.69, 9.17) is 39.7 Å². The molecule has 0 saturated carbocycles. The van der Waals surface area contributed by atoms with E-state index < -0.39 is 42.1 Å². The van der Waals surface area contributed by atoms with Crippen LogP contribution in [-0.2, 0) is 13.0 Å². The molecule has 4 heterocycles. The molecule has 1 unspecified atom stereocenters. The van der Waals surface area contributed by atoms with Gasteiger partial charge in [-0.3, -0.25) is 19.6 Å². The van der Waals surface area contributed by atoms with Crippen LogP contribution in [-0.4, -0.2) is 86.9 Å². The van der Waals surface area contributed by atoms with Crippen molar-refractivity contribution in [1.82, 2.24) is 25.1 Å². The Morgan fingerprint density at radius 2 is 1.31 bits per heavy atom. The average Bonchev–Trinajstić information content (AvgIpc) is 3.22. The maximum atomic E-state index is 15.2. The van der Waals surface area contributed by atoms with Crippen molar-refractivity contribution in [2.75, 3.05) is 32.7 Å². The zero-order chi connectivity index (χ0) is 45.3. The zero-order valence-electron chi connectivity index (χ0n) is 35.6. The second kappa shape index (κ2) is 22.1. The lowest BCUT2D eigenvalue weighted by Crippen LogP contribution is -2.49. The minimum Gasteiger partial charge on any atom is -0.375 e. The molecule has 4 N–H and O–H groups in total. The summed E-state index contributed by atoms with van der Waals surface area (Å²) in [5.74, 6) is -1.94. The number of hydrogen-bond donors (Lipinski definition) is 3. The van der Waals surface area contributed by atoms with Crippen LogP contribution in [0, 0.1) is 36.8 Å². The highest BCUT2D eigenvalue weighted by molar-refractivity contribution is 6.31. The Morgan fingerprint density at radius 3 is 1.71 bits per heavy atom. The lowest BCUT2D eigenvalue weighted by molar-refractivity contribution is -0.0201. The number of aryl methyl sites for hydroxylation is 2. The maximum absolute atomic E-state index is 15.2. The third-order valence-electron chi connectivity index (χ3n) is 9.37. The number of halogens is 7. The Bertz CT molecular complexity index is 2190. The van der Waals surface area contributed by atoms with Gasteiger partial charge in [0, 0.05) is 100 Å². The molecule has 2 saturated heterocycles. The van der Waals surface area contributed by atoms with Gasteiger partial charge in [-0.1, -0.05) is 35.3 Å². The monoisotopic (exact) mass is 869 g/mol. The number of nitriles is 1. The molecule has 0 spiro atoms. The number of amides is 2. The SMILES string of the molecule is Cl.N#CC(O)C1(F)CCN(C(=O)c2ccc(F)c(Cl)c2)CC1.[2H]C([2H])(N)c1ccc(C)cn1.[2H]C([2H])(NCC1(F)CCN(C(=O)c2ccc(F)c(Cl)c2)CC1)c1ccc(C)cn1. The Kier molecular flexibility index (Phi) is 15.9. The number of aliphatic hydroxyl groups is 1. The van der Waals surface area contributed by atoms with Crippen molar-refractivity contribution < 1.29 is 37.7 Å². The van der Waals surface area contributed by atoms with Crippen molar-refractivity contribution in [3.8, 4) is 6.07 Å².